The molecule has 0 saturated carbocycles. The molecule has 0 N–H and O–H groups in total. The highest BCUT2D eigenvalue weighted by Crippen LogP contribution is 2.15. The van der Waals surface area contributed by atoms with E-state index in [4.69, 9.17) is 9.47 Å². The van der Waals surface area contributed by atoms with E-state index in [9.17, 15) is 9.59 Å². The van der Waals surface area contributed by atoms with E-state index >= 15 is 0 Å². The summed E-state index contributed by atoms with van der Waals surface area (Å²) in [5.74, 6) is -0.920. The van der Waals surface area contributed by atoms with Crippen molar-refractivity contribution in [3.8, 4) is 0 Å². The van der Waals surface area contributed by atoms with Crippen LogP contribution in [0.4, 0.5) is 0 Å². The Hall–Kier alpha value is -3.54. The lowest BCUT2D eigenvalue weighted by molar-refractivity contribution is 0.0458. The second-order valence-electron chi connectivity index (χ2n) is 6.22. The van der Waals surface area contributed by atoms with Crippen molar-refractivity contribution in [2.45, 2.75) is 27.1 Å². The lowest BCUT2D eigenvalue weighted by atomic mass is 10.1. The molecule has 3 rings (SSSR count). The van der Waals surface area contributed by atoms with E-state index in [0.717, 1.165) is 11.1 Å². The molecule has 0 amide bonds. The molecule has 3 aromatic rings. The summed E-state index contributed by atoms with van der Waals surface area (Å²) in [4.78, 5) is 33.3. The minimum atomic E-state index is -0.607. The van der Waals surface area contributed by atoms with Gasteiger partial charge in [0.15, 0.2) is 11.4 Å². The Morgan fingerprint density at radius 1 is 0.714 bits per heavy atom. The highest BCUT2D eigenvalue weighted by molar-refractivity contribution is 5.95. The third kappa shape index (κ3) is 4.79. The molecule has 0 unspecified atom stereocenters. The normalized spacial score (nSPS) is 10.4. The van der Waals surface area contributed by atoms with E-state index in [1.807, 2.05) is 60.7 Å². The molecule has 1 heterocycles. The molecule has 0 aliphatic carbocycles. The maximum Gasteiger partial charge on any atom is 0.357 e. The number of esters is 2. The quantitative estimate of drug-likeness (QED) is 0.609. The third-order valence-corrected chi connectivity index (χ3v) is 4.07. The number of carbonyl (C=O) groups excluding carboxylic acids is 2. The van der Waals surface area contributed by atoms with Crippen molar-refractivity contribution in [2.75, 3.05) is 0 Å². The van der Waals surface area contributed by atoms with Crippen LogP contribution in [-0.2, 0) is 22.7 Å². The van der Waals surface area contributed by atoms with E-state index in [-0.39, 0.29) is 24.6 Å². The molecule has 2 aromatic carbocycles. The number of aromatic nitrogens is 2. The Bertz CT molecular complexity index is 896. The first kappa shape index (κ1) is 19.2. The highest BCUT2D eigenvalue weighted by atomic mass is 16.5. The first-order valence-electron chi connectivity index (χ1n) is 8.82. The molecule has 0 spiro atoms. The molecule has 1 aromatic heterocycles. The van der Waals surface area contributed by atoms with Crippen molar-refractivity contribution in [1.82, 2.24) is 9.97 Å². The average molecular weight is 376 g/mol. The van der Waals surface area contributed by atoms with Crippen molar-refractivity contribution in [3.63, 3.8) is 0 Å². The van der Waals surface area contributed by atoms with Crippen LogP contribution in [0.25, 0.3) is 0 Å². The molecule has 28 heavy (non-hydrogen) atoms. The molecule has 6 nitrogen and oxygen atoms in total. The molecule has 0 fully saturated rings. The van der Waals surface area contributed by atoms with Gasteiger partial charge < -0.3 is 9.47 Å². The zero-order chi connectivity index (χ0) is 19.9. The van der Waals surface area contributed by atoms with Gasteiger partial charge >= 0.3 is 11.9 Å². The molecule has 0 aliphatic heterocycles. The average Bonchev–Trinajstić information content (AvgIpc) is 2.73. The molecular formula is C22H20N2O4. The topological polar surface area (TPSA) is 78.4 Å². The Kier molecular flexibility index (Phi) is 6.11. The summed E-state index contributed by atoms with van der Waals surface area (Å²) in [6, 6.07) is 18.7. The molecule has 0 radical (unpaired) electrons. The summed E-state index contributed by atoms with van der Waals surface area (Å²) in [6.07, 6.45) is 0. The predicted octanol–water partition coefficient (Wildman–Crippen LogP) is 3.81. The molecule has 6 heteroatoms. The summed E-state index contributed by atoms with van der Waals surface area (Å²) in [5, 5.41) is 0. The number of benzene rings is 2. The van der Waals surface area contributed by atoms with Gasteiger partial charge in [0.1, 0.15) is 19.0 Å². The summed E-state index contributed by atoms with van der Waals surface area (Å²) in [7, 11) is 0. The summed E-state index contributed by atoms with van der Waals surface area (Å²) in [6.45, 7) is 3.46. The first-order chi connectivity index (χ1) is 13.5. The Morgan fingerprint density at radius 3 is 1.50 bits per heavy atom. The maximum absolute atomic E-state index is 12.5. The predicted molar refractivity (Wildman–Crippen MR) is 103 cm³/mol. The standard InChI is InChI=1S/C22H20N2O4/c1-15-19(21(25)27-13-17-9-5-3-6-10-17)23-16(2)24-20(15)22(26)28-14-18-11-7-4-8-12-18/h3-12H,13-14H2,1-2H3. The SMILES string of the molecule is Cc1nc(C(=O)OCc2ccccc2)c(C)c(C(=O)OCc2ccccc2)n1. The Morgan fingerprint density at radius 2 is 1.11 bits per heavy atom. The van der Waals surface area contributed by atoms with Crippen molar-refractivity contribution >= 4 is 11.9 Å². The Labute approximate surface area is 163 Å². The Balaban J connectivity index is 1.73. The van der Waals surface area contributed by atoms with Gasteiger partial charge in [0, 0.05) is 5.56 Å². The van der Waals surface area contributed by atoms with E-state index in [2.05, 4.69) is 9.97 Å². The lowest BCUT2D eigenvalue weighted by Gasteiger charge is -2.11. The zero-order valence-corrected chi connectivity index (χ0v) is 15.7. The summed E-state index contributed by atoms with van der Waals surface area (Å²) in [5.41, 5.74) is 2.19. The minimum absolute atomic E-state index is 0.0649. The van der Waals surface area contributed by atoms with Gasteiger partial charge in [-0.3, -0.25) is 0 Å². The third-order valence-electron chi connectivity index (χ3n) is 4.07. The minimum Gasteiger partial charge on any atom is -0.456 e. The van der Waals surface area contributed by atoms with Crippen LogP contribution in [0.1, 0.15) is 43.5 Å². The number of hydrogen-bond donors (Lipinski definition) is 0. The first-order valence-corrected chi connectivity index (χ1v) is 8.82. The lowest BCUT2D eigenvalue weighted by Crippen LogP contribution is -2.17. The molecular weight excluding hydrogens is 356 g/mol. The molecule has 0 bridgehead atoms. The van der Waals surface area contributed by atoms with Crippen molar-refractivity contribution in [3.05, 3.63) is 94.6 Å². The van der Waals surface area contributed by atoms with Gasteiger partial charge in [0.2, 0.25) is 0 Å². The molecule has 0 saturated heterocycles. The van der Waals surface area contributed by atoms with Gasteiger partial charge in [0.05, 0.1) is 0 Å². The molecule has 0 atom stereocenters. The largest absolute Gasteiger partial charge is 0.456 e. The fourth-order valence-corrected chi connectivity index (χ4v) is 2.61. The zero-order valence-electron chi connectivity index (χ0n) is 15.7. The highest BCUT2D eigenvalue weighted by Gasteiger charge is 2.22. The second-order valence-corrected chi connectivity index (χ2v) is 6.22. The van der Waals surface area contributed by atoms with Gasteiger partial charge in [-0.15, -0.1) is 0 Å². The van der Waals surface area contributed by atoms with E-state index in [1.165, 1.54) is 0 Å². The van der Waals surface area contributed by atoms with Gasteiger partial charge in [0.25, 0.3) is 0 Å². The van der Waals surface area contributed by atoms with Crippen LogP contribution in [0.2, 0.25) is 0 Å². The van der Waals surface area contributed by atoms with Gasteiger partial charge in [-0.1, -0.05) is 60.7 Å². The van der Waals surface area contributed by atoms with Gasteiger partial charge in [-0.05, 0) is 25.0 Å². The number of hydrogen-bond acceptors (Lipinski definition) is 6. The summed E-state index contributed by atoms with van der Waals surface area (Å²) >= 11 is 0. The number of aryl methyl sites for hydroxylation is 1. The number of ether oxygens (including phenoxy) is 2. The number of carbonyl (C=O) groups is 2. The van der Waals surface area contributed by atoms with Crippen molar-refractivity contribution < 1.29 is 19.1 Å². The van der Waals surface area contributed by atoms with E-state index in [1.54, 1.807) is 13.8 Å². The van der Waals surface area contributed by atoms with Crippen LogP contribution in [-0.4, -0.2) is 21.9 Å². The number of nitrogens with zero attached hydrogens (tertiary/aromatic N) is 2. The van der Waals surface area contributed by atoms with Crippen LogP contribution in [0.15, 0.2) is 60.7 Å². The monoisotopic (exact) mass is 376 g/mol. The van der Waals surface area contributed by atoms with Crippen LogP contribution in [0, 0.1) is 13.8 Å². The fraction of sp³-hybridized carbons (Fsp3) is 0.182. The van der Waals surface area contributed by atoms with Crippen LogP contribution in [0.3, 0.4) is 0 Å². The van der Waals surface area contributed by atoms with Crippen LogP contribution >= 0.6 is 0 Å². The van der Waals surface area contributed by atoms with E-state index in [0.29, 0.717) is 11.4 Å². The van der Waals surface area contributed by atoms with E-state index < -0.39 is 11.9 Å². The van der Waals surface area contributed by atoms with Gasteiger partial charge in [-0.2, -0.15) is 0 Å². The maximum atomic E-state index is 12.5. The smallest absolute Gasteiger partial charge is 0.357 e. The molecule has 142 valence electrons. The van der Waals surface area contributed by atoms with Crippen molar-refractivity contribution in [1.29, 1.82) is 0 Å². The summed E-state index contributed by atoms with van der Waals surface area (Å²) < 4.78 is 10.7. The second kappa shape index (κ2) is 8.90. The van der Waals surface area contributed by atoms with Crippen LogP contribution < -0.4 is 0 Å². The van der Waals surface area contributed by atoms with Crippen LogP contribution in [0.5, 0.6) is 0 Å². The number of rotatable bonds is 6. The van der Waals surface area contributed by atoms with Gasteiger partial charge in [-0.25, -0.2) is 19.6 Å². The molecule has 0 aliphatic rings. The fourth-order valence-electron chi connectivity index (χ4n) is 2.61. The van der Waals surface area contributed by atoms with Crippen molar-refractivity contribution in [2.24, 2.45) is 0 Å².